The molecule has 1 saturated carbocycles. The number of nitriles is 1. The number of nitrogens with zero attached hydrogens (tertiary/aromatic N) is 1. The predicted molar refractivity (Wildman–Crippen MR) is 81.2 cm³/mol. The Balaban J connectivity index is 1.56. The molecule has 0 heterocycles. The van der Waals surface area contributed by atoms with Gasteiger partial charge in [0.15, 0.2) is 0 Å². The lowest BCUT2D eigenvalue weighted by atomic mass is 9.62. The van der Waals surface area contributed by atoms with E-state index in [0.29, 0.717) is 6.04 Å². The van der Waals surface area contributed by atoms with E-state index in [1.165, 1.54) is 12.0 Å². The number of hydrogen-bond donors (Lipinski definition) is 1. The quantitative estimate of drug-likeness (QED) is 0.903. The third-order valence-electron chi connectivity index (χ3n) is 4.40. The summed E-state index contributed by atoms with van der Waals surface area (Å²) in [5, 5.41) is 13.1. The van der Waals surface area contributed by atoms with Gasteiger partial charge in [-0.15, -0.1) is 0 Å². The Kier molecular flexibility index (Phi) is 3.71. The fourth-order valence-electron chi connectivity index (χ4n) is 3.14. The van der Waals surface area contributed by atoms with Crippen molar-refractivity contribution in [2.24, 2.45) is 0 Å². The molecular formula is C18H20N2. The van der Waals surface area contributed by atoms with Crippen LogP contribution in [0, 0.1) is 11.3 Å². The van der Waals surface area contributed by atoms with Gasteiger partial charge in [0.2, 0.25) is 0 Å². The summed E-state index contributed by atoms with van der Waals surface area (Å²) in [6.07, 6.45) is 10.9. The molecule has 3 rings (SSSR count). The van der Waals surface area contributed by atoms with Gasteiger partial charge in [-0.2, -0.15) is 5.26 Å². The van der Waals surface area contributed by atoms with Crippen molar-refractivity contribution in [3.05, 3.63) is 59.7 Å². The average Bonchev–Trinajstić information content (AvgIpc) is 2.48. The lowest BCUT2D eigenvalue weighted by molar-refractivity contribution is 0.232. The molecule has 0 atom stereocenters. The standard InChI is InChI=1S/C18H20N2/c19-14-18(16-9-5-2-6-10-16)11-17(12-18)20-13-15-7-3-1-4-8-15/h2-3,5-10,17,20H,1,4,11-13H2. The maximum absolute atomic E-state index is 9.52. The fourth-order valence-corrected chi connectivity index (χ4v) is 3.14. The molecule has 2 nitrogen and oxygen atoms in total. The minimum absolute atomic E-state index is 0.268. The molecule has 1 aromatic carbocycles. The highest BCUT2D eigenvalue weighted by Crippen LogP contribution is 2.43. The van der Waals surface area contributed by atoms with E-state index < -0.39 is 0 Å². The minimum Gasteiger partial charge on any atom is -0.310 e. The van der Waals surface area contributed by atoms with Crippen LogP contribution in [0.5, 0.6) is 0 Å². The predicted octanol–water partition coefficient (Wildman–Crippen LogP) is 3.48. The third kappa shape index (κ3) is 2.55. The van der Waals surface area contributed by atoms with E-state index in [2.05, 4.69) is 41.7 Å². The molecule has 2 heteroatoms. The number of benzene rings is 1. The maximum Gasteiger partial charge on any atom is 0.0852 e. The van der Waals surface area contributed by atoms with Crippen LogP contribution < -0.4 is 5.32 Å². The van der Waals surface area contributed by atoms with E-state index in [1.807, 2.05) is 18.2 Å². The summed E-state index contributed by atoms with van der Waals surface area (Å²) < 4.78 is 0. The molecule has 1 aromatic rings. The fraction of sp³-hybridized carbons (Fsp3) is 0.389. The second-order valence-electron chi connectivity index (χ2n) is 5.80. The van der Waals surface area contributed by atoms with Gasteiger partial charge in [-0.1, -0.05) is 48.6 Å². The number of hydrogen-bond acceptors (Lipinski definition) is 2. The van der Waals surface area contributed by atoms with E-state index in [9.17, 15) is 5.26 Å². The van der Waals surface area contributed by atoms with Crippen LogP contribution in [0.2, 0.25) is 0 Å². The molecule has 0 amide bonds. The monoisotopic (exact) mass is 264 g/mol. The van der Waals surface area contributed by atoms with E-state index >= 15 is 0 Å². The zero-order valence-electron chi connectivity index (χ0n) is 11.7. The Morgan fingerprint density at radius 2 is 2.00 bits per heavy atom. The van der Waals surface area contributed by atoms with Crippen molar-refractivity contribution in [1.82, 2.24) is 5.32 Å². The first kappa shape index (κ1) is 13.1. The number of nitrogens with one attached hydrogen (secondary N) is 1. The molecule has 2 aliphatic rings. The van der Waals surface area contributed by atoms with Gasteiger partial charge in [0.1, 0.15) is 0 Å². The summed E-state index contributed by atoms with van der Waals surface area (Å²) in [6, 6.07) is 13.2. The van der Waals surface area contributed by atoms with Gasteiger partial charge >= 0.3 is 0 Å². The highest BCUT2D eigenvalue weighted by atomic mass is 14.9. The van der Waals surface area contributed by atoms with Crippen LogP contribution in [0.3, 0.4) is 0 Å². The van der Waals surface area contributed by atoms with Crippen LogP contribution in [0.25, 0.3) is 0 Å². The molecule has 102 valence electrons. The van der Waals surface area contributed by atoms with Crippen molar-refractivity contribution >= 4 is 0 Å². The van der Waals surface area contributed by atoms with Crippen LogP contribution >= 0.6 is 0 Å². The van der Waals surface area contributed by atoms with Gasteiger partial charge in [-0.05, 0) is 36.8 Å². The van der Waals surface area contributed by atoms with Gasteiger partial charge < -0.3 is 5.32 Å². The first-order valence-corrected chi connectivity index (χ1v) is 7.38. The SMILES string of the molecule is N#CC1(c2ccccc2)CC(NCC2=CCCC=C2)C1. The first-order chi connectivity index (χ1) is 9.82. The lowest BCUT2D eigenvalue weighted by Gasteiger charge is -2.43. The smallest absolute Gasteiger partial charge is 0.0852 e. The molecule has 0 unspecified atom stereocenters. The third-order valence-corrected chi connectivity index (χ3v) is 4.40. The van der Waals surface area contributed by atoms with Crippen LogP contribution in [0.1, 0.15) is 31.2 Å². The number of allylic oxidation sites excluding steroid dienone is 2. The van der Waals surface area contributed by atoms with Gasteiger partial charge in [0.25, 0.3) is 0 Å². The average molecular weight is 264 g/mol. The first-order valence-electron chi connectivity index (χ1n) is 7.38. The van der Waals surface area contributed by atoms with Crippen LogP contribution in [-0.2, 0) is 5.41 Å². The van der Waals surface area contributed by atoms with Crippen molar-refractivity contribution in [2.75, 3.05) is 6.54 Å². The van der Waals surface area contributed by atoms with Gasteiger partial charge in [-0.3, -0.25) is 0 Å². The largest absolute Gasteiger partial charge is 0.310 e. The van der Waals surface area contributed by atoms with Gasteiger partial charge in [-0.25, -0.2) is 0 Å². The van der Waals surface area contributed by atoms with Crippen molar-refractivity contribution in [3.63, 3.8) is 0 Å². The minimum atomic E-state index is -0.268. The Morgan fingerprint density at radius 1 is 1.20 bits per heavy atom. The summed E-state index contributed by atoms with van der Waals surface area (Å²) in [5.74, 6) is 0. The molecule has 1 fully saturated rings. The molecular weight excluding hydrogens is 244 g/mol. The Hall–Kier alpha value is -1.85. The normalized spacial score (nSPS) is 28.4. The molecule has 2 aliphatic carbocycles. The van der Waals surface area contributed by atoms with Crippen molar-refractivity contribution in [1.29, 1.82) is 5.26 Å². The zero-order chi connectivity index (χ0) is 13.8. The molecule has 0 saturated heterocycles. The van der Waals surface area contributed by atoms with Crippen molar-refractivity contribution < 1.29 is 0 Å². The molecule has 0 radical (unpaired) electrons. The molecule has 0 spiro atoms. The zero-order valence-corrected chi connectivity index (χ0v) is 11.7. The van der Waals surface area contributed by atoms with E-state index in [4.69, 9.17) is 0 Å². The van der Waals surface area contributed by atoms with Crippen LogP contribution in [0.15, 0.2) is 54.1 Å². The lowest BCUT2D eigenvalue weighted by Crippen LogP contribution is -2.51. The van der Waals surface area contributed by atoms with Crippen LogP contribution in [-0.4, -0.2) is 12.6 Å². The second-order valence-corrected chi connectivity index (χ2v) is 5.80. The summed E-state index contributed by atoms with van der Waals surface area (Å²) in [5.41, 5.74) is 2.28. The topological polar surface area (TPSA) is 35.8 Å². The molecule has 0 aromatic heterocycles. The van der Waals surface area contributed by atoms with E-state index in [1.54, 1.807) is 0 Å². The summed E-state index contributed by atoms with van der Waals surface area (Å²) in [6.45, 7) is 0.928. The second kappa shape index (κ2) is 5.64. The summed E-state index contributed by atoms with van der Waals surface area (Å²) >= 11 is 0. The highest BCUT2D eigenvalue weighted by Gasteiger charge is 2.45. The van der Waals surface area contributed by atoms with Crippen molar-refractivity contribution in [2.45, 2.75) is 37.1 Å². The Labute approximate surface area is 120 Å². The van der Waals surface area contributed by atoms with E-state index in [0.717, 1.165) is 31.4 Å². The molecule has 0 aliphatic heterocycles. The van der Waals surface area contributed by atoms with Gasteiger partial charge in [0.05, 0.1) is 11.5 Å². The van der Waals surface area contributed by atoms with E-state index in [-0.39, 0.29) is 5.41 Å². The van der Waals surface area contributed by atoms with Crippen molar-refractivity contribution in [3.8, 4) is 6.07 Å². The Bertz CT molecular complexity index is 557. The molecule has 20 heavy (non-hydrogen) atoms. The summed E-state index contributed by atoms with van der Waals surface area (Å²) in [7, 11) is 0. The summed E-state index contributed by atoms with van der Waals surface area (Å²) in [4.78, 5) is 0. The molecule has 1 N–H and O–H groups in total. The maximum atomic E-state index is 9.52. The Morgan fingerprint density at radius 3 is 2.65 bits per heavy atom. The van der Waals surface area contributed by atoms with Crippen LogP contribution in [0.4, 0.5) is 0 Å². The number of rotatable bonds is 4. The van der Waals surface area contributed by atoms with Gasteiger partial charge in [0, 0.05) is 12.6 Å². The molecule has 0 bridgehead atoms. The highest BCUT2D eigenvalue weighted by molar-refractivity contribution is 5.37.